The van der Waals surface area contributed by atoms with Crippen molar-refractivity contribution >= 4 is 38.9 Å². The molecule has 2 aromatic carbocycles. The molecule has 126 valence electrons. The van der Waals surface area contributed by atoms with Crippen molar-refractivity contribution in [3.8, 4) is 5.75 Å². The van der Waals surface area contributed by atoms with Crippen LogP contribution < -0.4 is 15.4 Å². The van der Waals surface area contributed by atoms with Crippen molar-refractivity contribution in [1.29, 1.82) is 0 Å². The predicted molar refractivity (Wildman–Crippen MR) is 95.6 cm³/mol. The van der Waals surface area contributed by atoms with Crippen molar-refractivity contribution in [2.45, 2.75) is 6.92 Å². The summed E-state index contributed by atoms with van der Waals surface area (Å²) in [5, 5.41) is 16.6. The molecule has 1 amide bonds. The first-order valence-electron chi connectivity index (χ1n) is 7.03. The summed E-state index contributed by atoms with van der Waals surface area (Å²) in [5.74, 6) is -0.0352. The number of nitro groups is 1. The van der Waals surface area contributed by atoms with Gasteiger partial charge < -0.3 is 15.4 Å². The molecule has 0 aliphatic heterocycles. The van der Waals surface area contributed by atoms with E-state index >= 15 is 0 Å². The van der Waals surface area contributed by atoms with Gasteiger partial charge in [-0.1, -0.05) is 15.9 Å². The Kier molecular flexibility index (Phi) is 5.75. The van der Waals surface area contributed by atoms with E-state index in [2.05, 4.69) is 26.6 Å². The Morgan fingerprint density at radius 1 is 1.29 bits per heavy atom. The Hall–Kier alpha value is -2.61. The molecule has 7 nitrogen and oxygen atoms in total. The summed E-state index contributed by atoms with van der Waals surface area (Å²) >= 11 is 3.41. The van der Waals surface area contributed by atoms with Gasteiger partial charge in [0.1, 0.15) is 11.4 Å². The average Bonchev–Trinajstić information content (AvgIpc) is 2.56. The van der Waals surface area contributed by atoms with Gasteiger partial charge in [0.2, 0.25) is 5.91 Å². The number of aryl methyl sites for hydroxylation is 1. The number of anilines is 2. The van der Waals surface area contributed by atoms with Gasteiger partial charge in [-0.05, 0) is 42.8 Å². The normalized spacial score (nSPS) is 10.1. The molecule has 0 unspecified atom stereocenters. The molecule has 0 aliphatic carbocycles. The first kappa shape index (κ1) is 17.7. The number of rotatable bonds is 6. The molecular formula is C16H16BrN3O4. The van der Waals surface area contributed by atoms with Crippen molar-refractivity contribution in [3.05, 3.63) is 56.5 Å². The Morgan fingerprint density at radius 3 is 2.67 bits per heavy atom. The molecule has 0 spiro atoms. The fourth-order valence-corrected chi connectivity index (χ4v) is 2.27. The summed E-state index contributed by atoms with van der Waals surface area (Å²) in [7, 11) is 1.42. The van der Waals surface area contributed by atoms with Gasteiger partial charge in [-0.15, -0.1) is 0 Å². The van der Waals surface area contributed by atoms with E-state index in [1.807, 2.05) is 25.1 Å². The number of halogens is 1. The van der Waals surface area contributed by atoms with Gasteiger partial charge in [0.25, 0.3) is 5.69 Å². The number of carbonyl (C=O) groups excluding carboxylic acids is 1. The smallest absolute Gasteiger partial charge is 0.296 e. The molecule has 24 heavy (non-hydrogen) atoms. The maximum Gasteiger partial charge on any atom is 0.296 e. The number of hydrogen-bond donors (Lipinski definition) is 2. The molecule has 0 saturated heterocycles. The van der Waals surface area contributed by atoms with E-state index < -0.39 is 4.92 Å². The minimum absolute atomic E-state index is 0.00967. The molecule has 0 aliphatic rings. The van der Waals surface area contributed by atoms with Crippen LogP contribution in [0.25, 0.3) is 0 Å². The lowest BCUT2D eigenvalue weighted by atomic mass is 10.2. The van der Waals surface area contributed by atoms with Crippen molar-refractivity contribution in [3.63, 3.8) is 0 Å². The van der Waals surface area contributed by atoms with Crippen LogP contribution >= 0.6 is 15.9 Å². The third-order valence-corrected chi connectivity index (χ3v) is 4.18. The minimum atomic E-state index is -0.566. The number of carbonyl (C=O) groups is 1. The topological polar surface area (TPSA) is 93.5 Å². The van der Waals surface area contributed by atoms with Crippen LogP contribution in [0, 0.1) is 17.0 Å². The van der Waals surface area contributed by atoms with Crippen LogP contribution in [0.3, 0.4) is 0 Å². The lowest BCUT2D eigenvalue weighted by Crippen LogP contribution is -2.22. The average molecular weight is 394 g/mol. The molecule has 2 rings (SSSR count). The number of amides is 1. The predicted octanol–water partition coefficient (Wildman–Crippen LogP) is 3.72. The molecule has 8 heteroatoms. The van der Waals surface area contributed by atoms with Crippen LogP contribution in [-0.2, 0) is 4.79 Å². The first-order valence-corrected chi connectivity index (χ1v) is 7.82. The molecular weight excluding hydrogens is 378 g/mol. The highest BCUT2D eigenvalue weighted by Crippen LogP contribution is 2.28. The second-order valence-electron chi connectivity index (χ2n) is 5.01. The highest BCUT2D eigenvalue weighted by Gasteiger charge is 2.17. The van der Waals surface area contributed by atoms with Crippen LogP contribution in [0.1, 0.15) is 5.56 Å². The number of hydrogen-bond acceptors (Lipinski definition) is 5. The van der Waals surface area contributed by atoms with E-state index in [0.717, 1.165) is 15.7 Å². The second kappa shape index (κ2) is 7.78. The number of methoxy groups -OCH3 is 1. The van der Waals surface area contributed by atoms with Gasteiger partial charge in [-0.3, -0.25) is 14.9 Å². The van der Waals surface area contributed by atoms with Gasteiger partial charge in [-0.2, -0.15) is 0 Å². The van der Waals surface area contributed by atoms with Crippen LogP contribution in [0.4, 0.5) is 17.1 Å². The number of nitrogens with zero attached hydrogens (tertiary/aromatic N) is 1. The zero-order valence-electron chi connectivity index (χ0n) is 13.1. The van der Waals surface area contributed by atoms with Gasteiger partial charge in [0, 0.05) is 10.2 Å². The lowest BCUT2D eigenvalue weighted by Gasteiger charge is -2.10. The van der Waals surface area contributed by atoms with Crippen LogP contribution in [0.5, 0.6) is 5.75 Å². The lowest BCUT2D eigenvalue weighted by molar-refractivity contribution is -0.384. The number of ether oxygens (including phenoxy) is 1. The number of benzene rings is 2. The largest absolute Gasteiger partial charge is 0.496 e. The molecule has 0 radical (unpaired) electrons. The second-order valence-corrected chi connectivity index (χ2v) is 5.86. The molecule has 0 bridgehead atoms. The summed E-state index contributed by atoms with van der Waals surface area (Å²) in [6, 6.07) is 9.87. The summed E-state index contributed by atoms with van der Waals surface area (Å²) < 4.78 is 5.94. The number of nitro benzene ring substituents is 1. The van der Waals surface area contributed by atoms with Crippen LogP contribution in [0.2, 0.25) is 0 Å². The van der Waals surface area contributed by atoms with Crippen molar-refractivity contribution < 1.29 is 14.5 Å². The molecule has 0 atom stereocenters. The number of nitrogens with one attached hydrogen (secondary N) is 2. The van der Waals surface area contributed by atoms with Gasteiger partial charge in [-0.25, -0.2) is 0 Å². The summed E-state index contributed by atoms with van der Waals surface area (Å²) in [5.41, 5.74) is 1.73. The van der Waals surface area contributed by atoms with Gasteiger partial charge in [0.15, 0.2) is 0 Å². The quantitative estimate of drug-likeness (QED) is 0.575. The maximum atomic E-state index is 12.0. The minimum Gasteiger partial charge on any atom is -0.496 e. The van der Waals surface area contributed by atoms with E-state index in [4.69, 9.17) is 4.74 Å². The highest BCUT2D eigenvalue weighted by molar-refractivity contribution is 9.10. The highest BCUT2D eigenvalue weighted by atomic mass is 79.9. The third-order valence-electron chi connectivity index (χ3n) is 3.29. The Balaban J connectivity index is 2.04. The third kappa shape index (κ3) is 4.45. The van der Waals surface area contributed by atoms with Crippen molar-refractivity contribution in [2.75, 3.05) is 24.3 Å². The maximum absolute atomic E-state index is 12.0. The molecule has 2 N–H and O–H groups in total. The van der Waals surface area contributed by atoms with E-state index in [0.29, 0.717) is 5.75 Å². The standard InChI is InChI=1S/C16H16BrN3O4/c1-10-7-11(3-5-13(10)17)18-9-16(21)19-14-6-4-12(24-2)8-15(14)20(22)23/h3-8,18H,9H2,1-2H3,(H,19,21). The SMILES string of the molecule is COc1ccc(NC(=O)CNc2ccc(Br)c(C)c2)c([N+](=O)[O-])c1. The monoisotopic (exact) mass is 393 g/mol. The molecule has 0 aromatic heterocycles. The summed E-state index contributed by atoms with van der Waals surface area (Å²) in [4.78, 5) is 22.6. The summed E-state index contributed by atoms with van der Waals surface area (Å²) in [6.07, 6.45) is 0. The molecule has 0 saturated carbocycles. The first-order chi connectivity index (χ1) is 11.4. The molecule has 0 heterocycles. The van der Waals surface area contributed by atoms with E-state index in [1.165, 1.54) is 19.2 Å². The zero-order valence-corrected chi connectivity index (χ0v) is 14.7. The van der Waals surface area contributed by atoms with Crippen LogP contribution in [0.15, 0.2) is 40.9 Å². The van der Waals surface area contributed by atoms with Crippen molar-refractivity contribution in [1.82, 2.24) is 0 Å². The van der Waals surface area contributed by atoms with Crippen molar-refractivity contribution in [2.24, 2.45) is 0 Å². The summed E-state index contributed by atoms with van der Waals surface area (Å²) in [6.45, 7) is 1.93. The Labute approximate surface area is 147 Å². The van der Waals surface area contributed by atoms with E-state index in [9.17, 15) is 14.9 Å². The molecule has 0 fully saturated rings. The Morgan fingerprint density at radius 2 is 2.04 bits per heavy atom. The molecule has 2 aromatic rings. The fourth-order valence-electron chi connectivity index (χ4n) is 2.03. The van der Waals surface area contributed by atoms with Crippen LogP contribution in [-0.4, -0.2) is 24.5 Å². The van der Waals surface area contributed by atoms with Gasteiger partial charge >= 0.3 is 0 Å². The van der Waals surface area contributed by atoms with E-state index in [-0.39, 0.29) is 23.8 Å². The zero-order chi connectivity index (χ0) is 17.7. The van der Waals surface area contributed by atoms with E-state index in [1.54, 1.807) is 6.07 Å². The van der Waals surface area contributed by atoms with Gasteiger partial charge in [0.05, 0.1) is 24.6 Å². The fraction of sp³-hybridized carbons (Fsp3) is 0.188. The Bertz CT molecular complexity index is 780.